The molecule has 3 rings (SSSR count). The van der Waals surface area contributed by atoms with Crippen molar-refractivity contribution in [3.05, 3.63) is 59.1 Å². The van der Waals surface area contributed by atoms with Gasteiger partial charge >= 0.3 is 5.97 Å². The Morgan fingerprint density at radius 3 is 2.54 bits per heavy atom. The van der Waals surface area contributed by atoms with Crippen LogP contribution in [0.25, 0.3) is 10.9 Å². The molecule has 0 bridgehead atoms. The lowest BCUT2D eigenvalue weighted by Crippen LogP contribution is -2.10. The largest absolute Gasteiger partial charge is 0.493 e. The average molecular weight is 372 g/mol. The van der Waals surface area contributed by atoms with Gasteiger partial charge < -0.3 is 9.84 Å². The lowest BCUT2D eigenvalue weighted by Gasteiger charge is -2.04. The maximum absolute atomic E-state index is 12.1. The van der Waals surface area contributed by atoms with Crippen molar-refractivity contribution in [3.8, 4) is 5.88 Å². The van der Waals surface area contributed by atoms with E-state index in [0.29, 0.717) is 21.5 Å². The molecule has 0 aliphatic rings. The second-order valence-electron chi connectivity index (χ2n) is 5.36. The number of benzene rings is 2. The number of para-hydroxylation sites is 1. The molecule has 0 radical (unpaired) electrons. The first kappa shape index (κ1) is 17.6. The molecule has 0 saturated heterocycles. The number of ether oxygens (including phenoxy) is 1. The van der Waals surface area contributed by atoms with E-state index in [1.54, 1.807) is 36.4 Å². The molecule has 1 amide bonds. The normalized spacial score (nSPS) is 11.2. The Morgan fingerprint density at radius 2 is 1.85 bits per heavy atom. The molecule has 0 fully saturated rings. The molecule has 1 aromatic heterocycles. The van der Waals surface area contributed by atoms with Crippen LogP contribution in [0.4, 0.5) is 5.69 Å². The van der Waals surface area contributed by atoms with Crippen LogP contribution < -0.4 is 0 Å². The van der Waals surface area contributed by atoms with Gasteiger partial charge in [0, 0.05) is 16.0 Å². The van der Waals surface area contributed by atoms with E-state index < -0.39 is 11.9 Å². The van der Waals surface area contributed by atoms with Gasteiger partial charge in [-0.3, -0.25) is 14.2 Å². The van der Waals surface area contributed by atoms with Crippen molar-refractivity contribution >= 4 is 40.1 Å². The molecule has 0 unspecified atom stereocenters. The zero-order valence-corrected chi connectivity index (χ0v) is 14.5. The molecular formula is C18H14ClN3O4. The summed E-state index contributed by atoms with van der Waals surface area (Å²) in [6, 6.07) is 13.2. The number of nitrogens with zero attached hydrogens (tertiary/aromatic N) is 3. The highest BCUT2D eigenvalue weighted by Gasteiger charge is 2.19. The molecule has 8 heteroatoms. The Hall–Kier alpha value is -3.19. The minimum Gasteiger partial charge on any atom is -0.493 e. The van der Waals surface area contributed by atoms with Crippen molar-refractivity contribution in [1.82, 2.24) is 4.57 Å². The van der Waals surface area contributed by atoms with Gasteiger partial charge in [0.1, 0.15) is 6.54 Å². The minimum atomic E-state index is -0.578. The Balaban J connectivity index is 1.99. The number of aromatic hydroxyl groups is 1. The van der Waals surface area contributed by atoms with Gasteiger partial charge in [-0.2, -0.15) is 0 Å². The molecule has 0 saturated carbocycles. The number of hydrogen-bond donors (Lipinski definition) is 1. The zero-order chi connectivity index (χ0) is 18.7. The van der Waals surface area contributed by atoms with Crippen molar-refractivity contribution in [2.45, 2.75) is 6.54 Å². The molecule has 0 aliphatic heterocycles. The fourth-order valence-corrected chi connectivity index (χ4v) is 2.60. The summed E-state index contributed by atoms with van der Waals surface area (Å²) in [5, 5.41) is 19.1. The standard InChI is InChI=1S/C18H14ClN3O4/c1-26-15(23)10-22-14-5-3-2-4-13(14)16(18(22)25)20-21-17(24)11-6-8-12(19)9-7-11/h2-9,25H,10H2,1H3. The second kappa shape index (κ2) is 7.37. The maximum Gasteiger partial charge on any atom is 0.325 e. The summed E-state index contributed by atoms with van der Waals surface area (Å²) < 4.78 is 5.99. The number of rotatable bonds is 4. The molecule has 0 atom stereocenters. The van der Waals surface area contributed by atoms with E-state index in [0.717, 1.165) is 0 Å². The number of esters is 1. The third-order valence-corrected chi connectivity index (χ3v) is 4.02. The Kier molecular flexibility index (Phi) is 4.99. The van der Waals surface area contributed by atoms with E-state index >= 15 is 0 Å². The van der Waals surface area contributed by atoms with E-state index in [2.05, 4.69) is 15.0 Å². The highest BCUT2D eigenvalue weighted by Crippen LogP contribution is 2.38. The van der Waals surface area contributed by atoms with Crippen LogP contribution in [-0.2, 0) is 16.1 Å². The predicted molar refractivity (Wildman–Crippen MR) is 95.9 cm³/mol. The van der Waals surface area contributed by atoms with Gasteiger partial charge in [-0.25, -0.2) is 0 Å². The first-order valence-electron chi connectivity index (χ1n) is 7.60. The average Bonchev–Trinajstić information content (AvgIpc) is 2.92. The van der Waals surface area contributed by atoms with Crippen LogP contribution in [0.15, 0.2) is 58.8 Å². The van der Waals surface area contributed by atoms with E-state index in [1.807, 2.05) is 0 Å². The highest BCUT2D eigenvalue weighted by atomic mass is 35.5. The van der Waals surface area contributed by atoms with Gasteiger partial charge in [-0.1, -0.05) is 29.8 Å². The SMILES string of the molecule is COC(=O)Cn1c(O)c(N=NC(=O)c2ccc(Cl)cc2)c2ccccc21. The Morgan fingerprint density at radius 1 is 1.15 bits per heavy atom. The topological polar surface area (TPSA) is 93.2 Å². The number of halogens is 1. The monoisotopic (exact) mass is 371 g/mol. The van der Waals surface area contributed by atoms with Crippen LogP contribution in [0, 0.1) is 0 Å². The molecule has 132 valence electrons. The fourth-order valence-electron chi connectivity index (χ4n) is 2.47. The Bertz CT molecular complexity index is 1010. The van der Waals surface area contributed by atoms with Gasteiger partial charge in [-0.05, 0) is 30.3 Å². The molecule has 26 heavy (non-hydrogen) atoms. The van der Waals surface area contributed by atoms with Crippen LogP contribution in [-0.4, -0.2) is 28.7 Å². The van der Waals surface area contributed by atoms with E-state index in [4.69, 9.17) is 11.6 Å². The molecule has 1 N–H and O–H groups in total. The van der Waals surface area contributed by atoms with Crippen molar-refractivity contribution in [2.75, 3.05) is 7.11 Å². The molecule has 7 nitrogen and oxygen atoms in total. The molecule has 3 aromatic rings. The predicted octanol–water partition coefficient (Wildman–Crippen LogP) is 4.10. The number of carbonyl (C=O) groups is 2. The van der Waals surface area contributed by atoms with Gasteiger partial charge in [-0.15, -0.1) is 10.2 Å². The van der Waals surface area contributed by atoms with Gasteiger partial charge in [0.2, 0.25) is 5.88 Å². The molecular weight excluding hydrogens is 358 g/mol. The first-order valence-corrected chi connectivity index (χ1v) is 7.97. The lowest BCUT2D eigenvalue weighted by molar-refractivity contribution is -0.141. The number of aromatic nitrogens is 1. The second-order valence-corrected chi connectivity index (χ2v) is 5.80. The van der Waals surface area contributed by atoms with Crippen LogP contribution in [0.2, 0.25) is 5.02 Å². The summed E-state index contributed by atoms with van der Waals surface area (Å²) in [7, 11) is 1.26. The van der Waals surface area contributed by atoms with E-state index in [9.17, 15) is 14.7 Å². The van der Waals surface area contributed by atoms with Crippen LogP contribution in [0.3, 0.4) is 0 Å². The van der Waals surface area contributed by atoms with Gasteiger partial charge in [0.15, 0.2) is 5.69 Å². The molecule has 0 spiro atoms. The van der Waals surface area contributed by atoms with Crippen molar-refractivity contribution < 1.29 is 19.4 Å². The molecule has 2 aromatic carbocycles. The van der Waals surface area contributed by atoms with Crippen LogP contribution in [0.5, 0.6) is 5.88 Å². The Labute approximate surface area is 153 Å². The summed E-state index contributed by atoms with van der Waals surface area (Å²) in [5.41, 5.74) is 0.992. The highest BCUT2D eigenvalue weighted by molar-refractivity contribution is 6.30. The van der Waals surface area contributed by atoms with Crippen molar-refractivity contribution in [2.24, 2.45) is 10.2 Å². The van der Waals surface area contributed by atoms with Crippen LogP contribution in [0.1, 0.15) is 10.4 Å². The minimum absolute atomic E-state index is 0.104. The number of carbonyl (C=O) groups excluding carboxylic acids is 2. The third-order valence-electron chi connectivity index (χ3n) is 3.76. The maximum atomic E-state index is 12.1. The summed E-state index contributed by atoms with van der Waals surface area (Å²) in [6.45, 7) is -0.191. The number of amides is 1. The molecule has 1 heterocycles. The smallest absolute Gasteiger partial charge is 0.325 e. The number of methoxy groups -OCH3 is 1. The van der Waals surface area contributed by atoms with E-state index in [-0.39, 0.29) is 18.1 Å². The van der Waals surface area contributed by atoms with E-state index in [1.165, 1.54) is 23.8 Å². The number of hydrogen-bond acceptors (Lipinski definition) is 5. The number of azo groups is 1. The zero-order valence-electron chi connectivity index (χ0n) is 13.7. The summed E-state index contributed by atoms with van der Waals surface area (Å²) in [4.78, 5) is 23.7. The van der Waals surface area contributed by atoms with Crippen molar-refractivity contribution in [1.29, 1.82) is 0 Å². The van der Waals surface area contributed by atoms with Crippen molar-refractivity contribution in [3.63, 3.8) is 0 Å². The summed E-state index contributed by atoms with van der Waals surface area (Å²) in [6.07, 6.45) is 0. The van der Waals surface area contributed by atoms with Gasteiger partial charge in [0.05, 0.1) is 12.6 Å². The quantitative estimate of drug-likeness (QED) is 0.552. The molecule has 0 aliphatic carbocycles. The lowest BCUT2D eigenvalue weighted by atomic mass is 10.2. The summed E-state index contributed by atoms with van der Waals surface area (Å²) >= 11 is 5.79. The summed E-state index contributed by atoms with van der Waals surface area (Å²) in [5.74, 6) is -1.38. The van der Waals surface area contributed by atoms with Gasteiger partial charge in [0.25, 0.3) is 5.91 Å². The number of fused-ring (bicyclic) bond motifs is 1. The van der Waals surface area contributed by atoms with Crippen LogP contribution >= 0.6 is 11.6 Å². The first-order chi connectivity index (χ1) is 12.5. The third kappa shape index (κ3) is 3.43. The fraction of sp³-hybridized carbons (Fsp3) is 0.111.